The summed E-state index contributed by atoms with van der Waals surface area (Å²) < 4.78 is 8.57. The lowest BCUT2D eigenvalue weighted by atomic mass is 9.92. The average molecular weight is 732 g/mol. The second-order valence-corrected chi connectivity index (χ2v) is 15.4. The van der Waals surface area contributed by atoms with E-state index in [1.165, 1.54) is 63.6 Å². The Bertz CT molecular complexity index is 3510. The summed E-state index contributed by atoms with van der Waals surface area (Å²) >= 11 is 1.80. The van der Waals surface area contributed by atoms with Gasteiger partial charge in [0.25, 0.3) is 0 Å². The molecule has 0 saturated carbocycles. The van der Waals surface area contributed by atoms with Gasteiger partial charge >= 0.3 is 0 Å². The molecular weight excluding hydrogens is 703 g/mol. The van der Waals surface area contributed by atoms with E-state index in [2.05, 4.69) is 115 Å². The molecule has 9 aromatic carbocycles. The zero-order valence-electron chi connectivity index (χ0n) is 29.9. The quantitative estimate of drug-likeness (QED) is 0.169. The van der Waals surface area contributed by atoms with Crippen LogP contribution in [0.4, 0.5) is 0 Å². The number of hydrogen-bond acceptors (Lipinski definition) is 5. The Morgan fingerprint density at radius 1 is 0.286 bits per heavy atom. The number of rotatable bonds is 4. The summed E-state index contributed by atoms with van der Waals surface area (Å²) in [6.45, 7) is 0. The highest BCUT2D eigenvalue weighted by molar-refractivity contribution is 7.25. The lowest BCUT2D eigenvalue weighted by molar-refractivity contribution is 0.669. The third-order valence-corrected chi connectivity index (χ3v) is 12.2. The van der Waals surface area contributed by atoms with Gasteiger partial charge in [-0.25, -0.2) is 15.0 Å². The van der Waals surface area contributed by atoms with Gasteiger partial charge in [-0.05, 0) is 92.0 Å². The van der Waals surface area contributed by atoms with Crippen molar-refractivity contribution in [3.63, 3.8) is 0 Å². The predicted octanol–water partition coefficient (Wildman–Crippen LogP) is 14.3. The van der Waals surface area contributed by atoms with Gasteiger partial charge in [0, 0.05) is 47.6 Å². The van der Waals surface area contributed by atoms with Gasteiger partial charge in [-0.15, -0.1) is 11.3 Å². The van der Waals surface area contributed by atoms with Crippen LogP contribution < -0.4 is 0 Å². The highest BCUT2D eigenvalue weighted by Gasteiger charge is 2.17. The number of hydrogen-bond donors (Lipinski definition) is 0. The van der Waals surface area contributed by atoms with Gasteiger partial charge in [0.1, 0.15) is 11.2 Å². The number of nitrogens with zero attached hydrogens (tertiary/aromatic N) is 3. The molecule has 260 valence electrons. The van der Waals surface area contributed by atoms with Crippen LogP contribution in [0.2, 0.25) is 0 Å². The lowest BCUT2D eigenvalue weighted by Gasteiger charge is -2.12. The maximum Gasteiger partial charge on any atom is 0.164 e. The maximum absolute atomic E-state index is 6.12. The van der Waals surface area contributed by atoms with Crippen LogP contribution in [0, 0.1) is 0 Å². The normalized spacial score (nSPS) is 11.9. The number of fused-ring (bicyclic) bond motifs is 12. The summed E-state index contributed by atoms with van der Waals surface area (Å²) in [6, 6.07) is 62.3. The van der Waals surface area contributed by atoms with Crippen LogP contribution in [-0.4, -0.2) is 15.0 Å². The molecule has 5 heteroatoms. The Morgan fingerprint density at radius 2 is 0.768 bits per heavy atom. The van der Waals surface area contributed by atoms with Gasteiger partial charge in [0.2, 0.25) is 0 Å². The number of para-hydroxylation sites is 1. The highest BCUT2D eigenvalue weighted by atomic mass is 32.1. The molecule has 0 aliphatic carbocycles. The van der Waals surface area contributed by atoms with Crippen molar-refractivity contribution < 1.29 is 4.42 Å². The monoisotopic (exact) mass is 731 g/mol. The molecular formula is C51H29N3OS. The van der Waals surface area contributed by atoms with Gasteiger partial charge < -0.3 is 4.42 Å². The fraction of sp³-hybridized carbons (Fsp3) is 0. The molecule has 0 aliphatic rings. The van der Waals surface area contributed by atoms with Crippen molar-refractivity contribution >= 4 is 85.8 Å². The van der Waals surface area contributed by atoms with Crippen LogP contribution in [0.25, 0.3) is 120 Å². The summed E-state index contributed by atoms with van der Waals surface area (Å²) in [4.78, 5) is 15.2. The van der Waals surface area contributed by atoms with E-state index in [9.17, 15) is 0 Å². The van der Waals surface area contributed by atoms with Gasteiger partial charge in [0.05, 0.1) is 0 Å². The second kappa shape index (κ2) is 12.2. The van der Waals surface area contributed by atoms with Crippen LogP contribution in [0.15, 0.2) is 180 Å². The minimum absolute atomic E-state index is 0.623. The lowest BCUT2D eigenvalue weighted by Crippen LogP contribution is -2.00. The molecule has 0 radical (unpaired) electrons. The molecule has 0 fully saturated rings. The summed E-state index contributed by atoms with van der Waals surface area (Å²) in [5.41, 5.74) is 6.93. The van der Waals surface area contributed by atoms with Crippen LogP contribution in [0.5, 0.6) is 0 Å². The molecule has 0 aliphatic heterocycles. The molecule has 0 unspecified atom stereocenters. The molecule has 12 rings (SSSR count). The third-order valence-electron chi connectivity index (χ3n) is 11.1. The molecule has 3 aromatic heterocycles. The van der Waals surface area contributed by atoms with Gasteiger partial charge in [-0.2, -0.15) is 0 Å². The zero-order chi connectivity index (χ0) is 36.7. The summed E-state index contributed by atoms with van der Waals surface area (Å²) in [5, 5.41) is 12.3. The minimum atomic E-state index is 0.623. The molecule has 0 saturated heterocycles. The molecule has 56 heavy (non-hydrogen) atoms. The molecule has 0 amide bonds. The Balaban J connectivity index is 0.978. The van der Waals surface area contributed by atoms with E-state index in [1.54, 1.807) is 11.3 Å². The largest absolute Gasteiger partial charge is 0.456 e. The van der Waals surface area contributed by atoms with Crippen molar-refractivity contribution in [2.45, 2.75) is 0 Å². The standard InChI is InChI=1S/C51H29N3OS/c1-2-10-30(11-3-1)49-52-50(33-20-24-46-43(28-33)40-16-8-9-17-45(40)55-46)54-51(53-49)34-19-23-41-44-27-32(21-25-47(44)56-48(41)29-34)31-18-22-39-37-14-5-4-12-35(37)36-13-6-7-15-38(36)42(39)26-31/h1-29H. The molecule has 0 atom stereocenters. The number of furan rings is 1. The van der Waals surface area contributed by atoms with E-state index in [0.29, 0.717) is 17.5 Å². The summed E-state index contributed by atoms with van der Waals surface area (Å²) in [6.07, 6.45) is 0. The number of aromatic nitrogens is 3. The fourth-order valence-electron chi connectivity index (χ4n) is 8.40. The van der Waals surface area contributed by atoms with Gasteiger partial charge in [-0.1, -0.05) is 127 Å². The second-order valence-electron chi connectivity index (χ2n) is 14.4. The molecule has 4 nitrogen and oxygen atoms in total. The Kier molecular flexibility index (Phi) is 6.76. The van der Waals surface area contributed by atoms with Crippen molar-refractivity contribution in [3.05, 3.63) is 176 Å². The van der Waals surface area contributed by atoms with Crippen LogP contribution >= 0.6 is 11.3 Å². The summed E-state index contributed by atoms with van der Waals surface area (Å²) in [5.74, 6) is 1.90. The topological polar surface area (TPSA) is 51.8 Å². The van der Waals surface area contributed by atoms with Crippen molar-refractivity contribution in [1.29, 1.82) is 0 Å². The van der Waals surface area contributed by atoms with E-state index in [-0.39, 0.29) is 0 Å². The van der Waals surface area contributed by atoms with E-state index in [4.69, 9.17) is 19.4 Å². The number of benzene rings is 9. The SMILES string of the molecule is c1ccc(-c2nc(-c3ccc4c(c3)sc3ccc(-c5ccc6c7ccccc7c7ccccc7c6c5)cc34)nc(-c3ccc4oc5ccccc5c4c3)n2)cc1. The molecule has 0 spiro atoms. The van der Waals surface area contributed by atoms with E-state index in [1.807, 2.05) is 60.7 Å². The minimum Gasteiger partial charge on any atom is -0.456 e. The van der Waals surface area contributed by atoms with Gasteiger partial charge in [0.15, 0.2) is 17.5 Å². The molecule has 3 heterocycles. The smallest absolute Gasteiger partial charge is 0.164 e. The van der Waals surface area contributed by atoms with E-state index >= 15 is 0 Å². The Hall–Kier alpha value is -7.21. The molecule has 0 bridgehead atoms. The first-order chi connectivity index (χ1) is 27.7. The van der Waals surface area contributed by atoms with Crippen LogP contribution in [-0.2, 0) is 0 Å². The van der Waals surface area contributed by atoms with Crippen LogP contribution in [0.1, 0.15) is 0 Å². The summed E-state index contributed by atoms with van der Waals surface area (Å²) in [7, 11) is 0. The molecule has 12 aromatic rings. The maximum atomic E-state index is 6.12. The Morgan fingerprint density at radius 3 is 1.50 bits per heavy atom. The first-order valence-corrected chi connectivity index (χ1v) is 19.6. The first kappa shape index (κ1) is 31.2. The number of thiophene rings is 1. The van der Waals surface area contributed by atoms with Crippen molar-refractivity contribution in [2.75, 3.05) is 0 Å². The van der Waals surface area contributed by atoms with Crippen molar-refractivity contribution in [2.24, 2.45) is 0 Å². The van der Waals surface area contributed by atoms with E-state index < -0.39 is 0 Å². The predicted molar refractivity (Wildman–Crippen MR) is 234 cm³/mol. The average Bonchev–Trinajstić information content (AvgIpc) is 3.83. The van der Waals surface area contributed by atoms with Crippen molar-refractivity contribution in [3.8, 4) is 45.3 Å². The first-order valence-electron chi connectivity index (χ1n) is 18.8. The Labute approximate surface area is 325 Å². The highest BCUT2D eigenvalue weighted by Crippen LogP contribution is 2.41. The van der Waals surface area contributed by atoms with Gasteiger partial charge in [-0.3, -0.25) is 0 Å². The third kappa shape index (κ3) is 4.88. The van der Waals surface area contributed by atoms with Crippen molar-refractivity contribution in [1.82, 2.24) is 15.0 Å². The fourth-order valence-corrected chi connectivity index (χ4v) is 9.52. The zero-order valence-corrected chi connectivity index (χ0v) is 30.7. The van der Waals surface area contributed by atoms with E-state index in [0.717, 1.165) is 38.6 Å². The molecule has 0 N–H and O–H groups in total. The van der Waals surface area contributed by atoms with Crippen LogP contribution in [0.3, 0.4) is 0 Å².